The smallest absolute Gasteiger partial charge is 0.147 e. The zero-order valence-electron chi connectivity index (χ0n) is 17.6. The van der Waals surface area contributed by atoms with E-state index in [2.05, 4.69) is 89.3 Å². The van der Waals surface area contributed by atoms with Crippen LogP contribution in [0.5, 0.6) is 0 Å². The van der Waals surface area contributed by atoms with Crippen LogP contribution >= 0.6 is 24.8 Å². The molecule has 4 heteroatoms. The SMILES string of the molecule is CC1=C(C)C(C)[C]([Zr]([CH]2c3ccccc3-c3ccccc32)=[Si](C)C)=C1C.Cl.Cl. The summed E-state index contributed by atoms with van der Waals surface area (Å²) < 4.78 is 2.62. The molecule has 0 saturated heterocycles. The number of allylic oxidation sites excluding steroid dienone is 4. The first-order chi connectivity index (χ1) is 12.4. The number of hydrogen-bond acceptors (Lipinski definition) is 0. The van der Waals surface area contributed by atoms with Crippen molar-refractivity contribution in [1.82, 2.24) is 0 Å². The number of hydrogen-bond donors (Lipinski definition) is 0. The first kappa shape index (κ1) is 23.9. The molecule has 148 valence electrons. The van der Waals surface area contributed by atoms with Gasteiger partial charge in [-0.3, -0.25) is 0 Å². The predicted molar refractivity (Wildman–Crippen MR) is 126 cm³/mol. The van der Waals surface area contributed by atoms with E-state index in [0.717, 1.165) is 0 Å². The van der Waals surface area contributed by atoms with E-state index in [9.17, 15) is 0 Å². The standard InChI is InChI=1S/C13H9.C9H13.C2H6Si.2ClH.Zr/c1-3-7-12-10(5-1)9-11-6-2-4-8-13(11)12;1-6-5-7(2)9(4)8(6)3;1-3-2;;;/h1-9H;6H,1-4H3;1-2H3;2*1H;. The van der Waals surface area contributed by atoms with Crippen molar-refractivity contribution in [2.24, 2.45) is 5.92 Å². The van der Waals surface area contributed by atoms with Crippen molar-refractivity contribution in [1.29, 1.82) is 0 Å². The first-order valence-electron chi connectivity index (χ1n) is 9.68. The molecule has 1 unspecified atom stereocenters. The number of benzene rings is 2. The second kappa shape index (κ2) is 9.17. The molecule has 0 fully saturated rings. The minimum atomic E-state index is -1.88. The number of fused-ring (bicyclic) bond motifs is 3. The molecule has 0 nitrogen and oxygen atoms in total. The quantitative estimate of drug-likeness (QED) is 0.364. The Morgan fingerprint density at radius 3 is 1.61 bits per heavy atom. The van der Waals surface area contributed by atoms with Gasteiger partial charge in [0.1, 0.15) is 0 Å². The van der Waals surface area contributed by atoms with Crippen LogP contribution in [0.4, 0.5) is 0 Å². The van der Waals surface area contributed by atoms with E-state index in [-0.39, 0.29) is 30.2 Å². The average Bonchev–Trinajstić information content (AvgIpc) is 3.06. The molecule has 0 amide bonds. The molecule has 0 aliphatic heterocycles. The van der Waals surface area contributed by atoms with E-state index in [1.807, 2.05) is 3.28 Å². The van der Waals surface area contributed by atoms with Crippen molar-refractivity contribution in [3.8, 4) is 11.1 Å². The van der Waals surface area contributed by atoms with E-state index in [1.54, 1.807) is 27.8 Å². The number of halogens is 2. The molecular formula is C24H30Cl2SiZr. The summed E-state index contributed by atoms with van der Waals surface area (Å²) in [7, 11) is 0. The molecule has 0 spiro atoms. The molecule has 0 heterocycles. The first-order valence-corrected chi connectivity index (χ1v) is 18.5. The Labute approximate surface area is 190 Å². The molecule has 4 rings (SSSR count). The molecule has 2 aromatic rings. The normalized spacial score (nSPS) is 17.7. The zero-order valence-corrected chi connectivity index (χ0v) is 22.7. The van der Waals surface area contributed by atoms with Crippen LogP contribution in [0.1, 0.15) is 42.4 Å². The summed E-state index contributed by atoms with van der Waals surface area (Å²) in [6, 6.07) is 18.5. The van der Waals surface area contributed by atoms with Gasteiger partial charge in [0.25, 0.3) is 0 Å². The Hall–Kier alpha value is -0.400. The van der Waals surface area contributed by atoms with E-state index in [1.165, 1.54) is 11.1 Å². The van der Waals surface area contributed by atoms with Crippen LogP contribution in [0, 0.1) is 5.92 Å². The second-order valence-corrected chi connectivity index (χ2v) is 25.4. The maximum absolute atomic E-state index is 2.60. The summed E-state index contributed by atoms with van der Waals surface area (Å²) >= 11 is -1.88. The van der Waals surface area contributed by atoms with Crippen LogP contribution in [0.15, 0.2) is 68.5 Å². The van der Waals surface area contributed by atoms with Gasteiger partial charge in [-0.2, -0.15) is 0 Å². The fraction of sp³-hybridized carbons (Fsp3) is 0.333. The van der Waals surface area contributed by atoms with Gasteiger partial charge in [0.2, 0.25) is 0 Å². The van der Waals surface area contributed by atoms with Crippen LogP contribution < -0.4 is 0 Å². The molecule has 1 atom stereocenters. The van der Waals surface area contributed by atoms with Crippen LogP contribution in [0.25, 0.3) is 11.1 Å². The van der Waals surface area contributed by atoms with Crippen molar-refractivity contribution in [3.05, 3.63) is 79.7 Å². The summed E-state index contributed by atoms with van der Waals surface area (Å²) in [5.74, 6) is 0.671. The Morgan fingerprint density at radius 2 is 1.21 bits per heavy atom. The third-order valence-electron chi connectivity index (χ3n) is 6.59. The fourth-order valence-electron chi connectivity index (χ4n) is 4.98. The molecule has 0 saturated carbocycles. The van der Waals surface area contributed by atoms with Gasteiger partial charge in [-0.15, -0.1) is 24.8 Å². The fourth-order valence-corrected chi connectivity index (χ4v) is 25.2. The molecule has 2 aliphatic rings. The van der Waals surface area contributed by atoms with Crippen LogP contribution in [0.2, 0.25) is 13.1 Å². The maximum atomic E-state index is 2.60. The van der Waals surface area contributed by atoms with E-state index >= 15 is 0 Å². The molecule has 28 heavy (non-hydrogen) atoms. The van der Waals surface area contributed by atoms with Gasteiger partial charge in [0.05, 0.1) is 0 Å². The summed E-state index contributed by atoms with van der Waals surface area (Å²) in [6.45, 7) is 14.8. The van der Waals surface area contributed by atoms with Gasteiger partial charge in [-0.25, -0.2) is 0 Å². The summed E-state index contributed by atoms with van der Waals surface area (Å²) in [5, 5.41) is 0. The number of rotatable bonds is 2. The third-order valence-corrected chi connectivity index (χ3v) is 25.3. The third kappa shape index (κ3) is 3.60. The van der Waals surface area contributed by atoms with Crippen molar-refractivity contribution in [2.75, 3.05) is 0 Å². The minimum absolute atomic E-state index is 0. The van der Waals surface area contributed by atoms with Gasteiger partial charge in [0, 0.05) is 0 Å². The topological polar surface area (TPSA) is 0 Å². The summed E-state index contributed by atoms with van der Waals surface area (Å²) in [6.07, 6.45) is 0. The van der Waals surface area contributed by atoms with Gasteiger partial charge >= 0.3 is 167 Å². The Morgan fingerprint density at radius 1 is 0.750 bits per heavy atom. The van der Waals surface area contributed by atoms with E-state index in [4.69, 9.17) is 0 Å². The largest absolute Gasteiger partial charge is 0.147 e. The maximum Gasteiger partial charge on any atom is -0.147 e. The van der Waals surface area contributed by atoms with Crippen molar-refractivity contribution in [2.45, 2.75) is 44.4 Å². The molecule has 0 bridgehead atoms. The second-order valence-electron chi connectivity index (χ2n) is 8.09. The molecular weight excluding hydrogens is 478 g/mol. The Balaban J connectivity index is 0.00000140. The minimum Gasteiger partial charge on any atom is -0.147 e. The van der Waals surface area contributed by atoms with Gasteiger partial charge < -0.3 is 0 Å². The van der Waals surface area contributed by atoms with Crippen molar-refractivity contribution >= 4 is 30.2 Å². The molecule has 2 aliphatic carbocycles. The Bertz CT molecular complexity index is 967. The molecule has 0 aromatic heterocycles. The average molecular weight is 509 g/mol. The van der Waals surface area contributed by atoms with E-state index in [0.29, 0.717) is 9.54 Å². The monoisotopic (exact) mass is 506 g/mol. The van der Waals surface area contributed by atoms with Gasteiger partial charge in [0.15, 0.2) is 0 Å². The van der Waals surface area contributed by atoms with Crippen molar-refractivity contribution < 1.29 is 20.4 Å². The van der Waals surface area contributed by atoms with Crippen LogP contribution in [-0.4, -0.2) is 5.43 Å². The van der Waals surface area contributed by atoms with Gasteiger partial charge in [-0.1, -0.05) is 0 Å². The molecule has 0 N–H and O–H groups in total. The zero-order chi connectivity index (χ0) is 18.6. The summed E-state index contributed by atoms with van der Waals surface area (Å²) in [5.41, 5.74) is 10.8. The van der Waals surface area contributed by atoms with E-state index < -0.39 is 20.4 Å². The van der Waals surface area contributed by atoms with Crippen molar-refractivity contribution in [3.63, 3.8) is 0 Å². The summed E-state index contributed by atoms with van der Waals surface area (Å²) in [4.78, 5) is 0. The van der Waals surface area contributed by atoms with Crippen LogP contribution in [-0.2, 0) is 20.4 Å². The predicted octanol–water partition coefficient (Wildman–Crippen LogP) is 7.73. The molecule has 0 radical (unpaired) electrons. The van der Waals surface area contributed by atoms with Crippen LogP contribution in [0.3, 0.4) is 0 Å². The Kier molecular flexibility index (Phi) is 7.82. The molecule has 2 aromatic carbocycles. The van der Waals surface area contributed by atoms with Gasteiger partial charge in [-0.05, 0) is 0 Å².